The van der Waals surface area contributed by atoms with Gasteiger partial charge in [-0.1, -0.05) is 40.7 Å². The Morgan fingerprint density at radius 2 is 1.90 bits per heavy atom. The molecule has 0 spiro atoms. The first-order valence-corrected chi connectivity index (χ1v) is 27.7. The number of hydrogen-bond donors (Lipinski definition) is 2. The first-order valence-electron chi connectivity index (χ1n) is 26.8. The molecule has 15 nitrogen and oxygen atoms in total. The standard InChI is InChI=1S/C56H79N7O8S/c1-11-69-51-43(28-58-52(64)48-34(6)47(48)32(2)3)54(65)63-17-12-13-44(60-63)55(66)71-31-56(8,9)26-42-40-24-37(45-30-72-53(51)59-45)14-15-46(40)62(20-22-70-33(4)5)50(42)41-25-38(27-57-49(41)35(7)67-10)36-16-18-61-19-21-68-29-39(61)23-36/h14-15,24-25,27,30,32-36,39,43-44,47-48,51,60H,11-13,16-23,26,28-29,31H2,1-10H3,(H,58,64)/t34-,35+,36-,39+,43+,44+,47+,48+,51+/m1/s1. The fraction of sp³-hybridized carbons (Fsp3) is 0.661. The van der Waals surface area contributed by atoms with Gasteiger partial charge in [0.25, 0.3) is 0 Å². The SMILES string of the molecule is CCO[C@@H]1c2nc(cs2)-c2ccc3c(c2)c(c(-c2cc([C@@H]4CCN5CCOC[C@@H]5C4)cnc2[C@H](C)OC)n3CCOC(C)C)CC(C)(C)COC(=O)[C@@H]2CCCN(N2)C(=O)[C@H]1CNC(=O)[C@H]1[C@H](C)[C@@H]1C(C)C. The zero-order valence-corrected chi connectivity index (χ0v) is 45.1. The highest BCUT2D eigenvalue weighted by Crippen LogP contribution is 2.51. The molecule has 3 aromatic heterocycles. The van der Waals surface area contributed by atoms with E-state index in [0.717, 1.165) is 83.8 Å². The number of thiazole rings is 1. The number of nitrogens with one attached hydrogen (secondary N) is 2. The van der Waals surface area contributed by atoms with Gasteiger partial charge in [-0.25, -0.2) is 10.4 Å². The van der Waals surface area contributed by atoms with Crippen LogP contribution in [0.5, 0.6) is 0 Å². The van der Waals surface area contributed by atoms with Crippen LogP contribution in [0.3, 0.4) is 0 Å². The zero-order valence-electron chi connectivity index (χ0n) is 44.3. The van der Waals surface area contributed by atoms with Crippen molar-refractivity contribution in [3.63, 3.8) is 0 Å². The van der Waals surface area contributed by atoms with Crippen molar-refractivity contribution in [2.45, 2.75) is 137 Å². The largest absolute Gasteiger partial charge is 0.464 e. The minimum Gasteiger partial charge on any atom is -0.464 e. The van der Waals surface area contributed by atoms with Crippen molar-refractivity contribution in [2.75, 3.05) is 66.3 Å². The first kappa shape index (κ1) is 52.6. The fourth-order valence-corrected chi connectivity index (χ4v) is 13.1. The van der Waals surface area contributed by atoms with Gasteiger partial charge in [0.2, 0.25) is 11.8 Å². The van der Waals surface area contributed by atoms with Crippen LogP contribution in [0.25, 0.3) is 33.4 Å². The summed E-state index contributed by atoms with van der Waals surface area (Å²) in [7, 11) is 1.74. The number of piperidine rings is 1. The van der Waals surface area contributed by atoms with Crippen molar-refractivity contribution in [1.82, 2.24) is 35.2 Å². The predicted octanol–water partition coefficient (Wildman–Crippen LogP) is 8.51. The van der Waals surface area contributed by atoms with E-state index in [1.54, 1.807) is 12.1 Å². The van der Waals surface area contributed by atoms with Gasteiger partial charge in [-0.05, 0) is 119 Å². The van der Waals surface area contributed by atoms with Crippen molar-refractivity contribution >= 4 is 40.0 Å². The van der Waals surface area contributed by atoms with Gasteiger partial charge in [-0.15, -0.1) is 11.3 Å². The average molecular weight is 1010 g/mol. The van der Waals surface area contributed by atoms with Gasteiger partial charge >= 0.3 is 5.97 Å². The third kappa shape index (κ3) is 11.1. The van der Waals surface area contributed by atoms with E-state index < -0.39 is 29.4 Å². The maximum Gasteiger partial charge on any atom is 0.324 e. The summed E-state index contributed by atoms with van der Waals surface area (Å²) in [6.45, 7) is 24.4. The second kappa shape index (κ2) is 22.3. The molecule has 4 fully saturated rings. The maximum absolute atomic E-state index is 14.9. The van der Waals surface area contributed by atoms with Crippen LogP contribution in [-0.4, -0.2) is 127 Å². The summed E-state index contributed by atoms with van der Waals surface area (Å²) < 4.78 is 33.6. The normalized spacial score (nSPS) is 27.4. The monoisotopic (exact) mass is 1010 g/mol. The van der Waals surface area contributed by atoms with Crippen molar-refractivity contribution in [3.8, 4) is 22.5 Å². The maximum atomic E-state index is 14.9. The van der Waals surface area contributed by atoms with Gasteiger partial charge in [0.1, 0.15) is 17.2 Å². The highest BCUT2D eigenvalue weighted by Gasteiger charge is 2.53. The smallest absolute Gasteiger partial charge is 0.324 e. The van der Waals surface area contributed by atoms with E-state index in [9.17, 15) is 14.4 Å². The van der Waals surface area contributed by atoms with Crippen LogP contribution in [0.2, 0.25) is 0 Å². The van der Waals surface area contributed by atoms with Gasteiger partial charge in [-0.3, -0.25) is 29.3 Å². The third-order valence-electron chi connectivity index (χ3n) is 16.1. The summed E-state index contributed by atoms with van der Waals surface area (Å²) in [6.07, 6.45) is 4.79. The van der Waals surface area contributed by atoms with Crippen molar-refractivity contribution < 1.29 is 38.1 Å². The minimum atomic E-state index is -0.824. The van der Waals surface area contributed by atoms with Crippen LogP contribution in [-0.2, 0) is 51.0 Å². The number of esters is 1. The molecule has 2 amide bonds. The van der Waals surface area contributed by atoms with E-state index >= 15 is 0 Å². The lowest BCUT2D eigenvalue weighted by atomic mass is 9.82. The quantitative estimate of drug-likeness (QED) is 0.116. The number of methoxy groups -OCH3 is 1. The van der Waals surface area contributed by atoms with Crippen LogP contribution in [0.4, 0.5) is 0 Å². The summed E-state index contributed by atoms with van der Waals surface area (Å²) in [6, 6.07) is 8.59. The van der Waals surface area contributed by atoms with Gasteiger partial charge < -0.3 is 33.6 Å². The number of aromatic nitrogens is 3. The summed E-state index contributed by atoms with van der Waals surface area (Å²) in [5, 5.41) is 8.47. The molecule has 0 radical (unpaired) electrons. The topological polar surface area (TPSA) is 159 Å². The van der Waals surface area contributed by atoms with Crippen molar-refractivity contribution in [1.29, 1.82) is 0 Å². The lowest BCUT2D eigenvalue weighted by Gasteiger charge is -2.42. The third-order valence-corrected chi connectivity index (χ3v) is 17.0. The van der Waals surface area contributed by atoms with Crippen molar-refractivity contribution in [3.05, 3.63) is 57.7 Å². The Labute approximate surface area is 430 Å². The summed E-state index contributed by atoms with van der Waals surface area (Å²) in [4.78, 5) is 56.0. The zero-order chi connectivity index (χ0) is 51.0. The highest BCUT2D eigenvalue weighted by molar-refractivity contribution is 7.10. The molecule has 7 heterocycles. The number of rotatable bonds is 14. The van der Waals surface area contributed by atoms with Crippen LogP contribution in [0, 0.1) is 35.0 Å². The molecule has 4 aromatic rings. The number of fused-ring (bicyclic) bond motifs is 7. The Morgan fingerprint density at radius 1 is 1.08 bits per heavy atom. The van der Waals surface area contributed by atoms with Gasteiger partial charge in [0.15, 0.2) is 0 Å². The second-order valence-electron chi connectivity index (χ2n) is 22.5. The van der Waals surface area contributed by atoms with Crippen molar-refractivity contribution in [2.24, 2.45) is 35.0 Å². The predicted molar refractivity (Wildman–Crippen MR) is 279 cm³/mol. The molecule has 1 saturated carbocycles. The summed E-state index contributed by atoms with van der Waals surface area (Å²) in [5.74, 6) is -0.366. The Balaban J connectivity index is 1.18. The number of carbonyl (C=O) groups excluding carboxylic acids is 3. The lowest BCUT2D eigenvalue weighted by Crippen LogP contribution is -2.58. The van der Waals surface area contributed by atoms with E-state index in [4.69, 9.17) is 33.7 Å². The number of pyridine rings is 1. The van der Waals surface area contributed by atoms with Crippen LogP contribution >= 0.6 is 11.3 Å². The molecule has 1 aliphatic carbocycles. The molecule has 9 rings (SSSR count). The number of nitrogens with zero attached hydrogens (tertiary/aromatic N) is 5. The Bertz CT molecular complexity index is 2580. The number of hydrazine groups is 1. The molecule has 4 aliphatic heterocycles. The molecule has 5 aliphatic rings. The van der Waals surface area contributed by atoms with Gasteiger partial charge in [0.05, 0.1) is 61.6 Å². The van der Waals surface area contributed by atoms with E-state index in [2.05, 4.69) is 106 Å². The number of amides is 2. The van der Waals surface area contributed by atoms with Gasteiger partial charge in [0, 0.05) is 90.9 Å². The Kier molecular flexibility index (Phi) is 16.3. The molecule has 6 bridgehead atoms. The first-order chi connectivity index (χ1) is 34.6. The Hall–Kier alpha value is -4.29. The molecule has 16 heteroatoms. The number of hydrogen-bond acceptors (Lipinski definition) is 13. The average Bonchev–Trinajstić information content (AvgIpc) is 3.66. The molecular formula is C56H79N7O8S. The lowest BCUT2D eigenvalue weighted by molar-refractivity contribution is -0.157. The summed E-state index contributed by atoms with van der Waals surface area (Å²) >= 11 is 1.46. The second-order valence-corrected chi connectivity index (χ2v) is 23.4. The molecule has 9 atom stereocenters. The number of carbonyl (C=O) groups is 3. The molecular weight excluding hydrogens is 931 g/mol. The molecule has 3 saturated heterocycles. The van der Waals surface area contributed by atoms with E-state index in [-0.39, 0.29) is 49.0 Å². The molecule has 0 unspecified atom stereocenters. The van der Waals surface area contributed by atoms with Gasteiger partial charge in [-0.2, -0.15) is 0 Å². The molecule has 1 aromatic carbocycles. The molecule has 392 valence electrons. The van der Waals surface area contributed by atoms with Crippen LogP contribution in [0.1, 0.15) is 128 Å². The number of benzene rings is 1. The van der Waals surface area contributed by atoms with E-state index in [1.165, 1.54) is 16.9 Å². The number of morpholine rings is 1. The Morgan fingerprint density at radius 3 is 2.65 bits per heavy atom. The van der Waals surface area contributed by atoms with E-state index in [1.807, 2.05) is 12.3 Å². The summed E-state index contributed by atoms with van der Waals surface area (Å²) in [5.41, 5.74) is 10.7. The van der Waals surface area contributed by atoms with Crippen LogP contribution in [0.15, 0.2) is 35.8 Å². The van der Waals surface area contributed by atoms with Crippen LogP contribution < -0.4 is 10.7 Å². The number of ether oxygens (including phenoxy) is 5. The molecule has 2 N–H and O–H groups in total. The fourth-order valence-electron chi connectivity index (χ4n) is 12.2. The van der Waals surface area contributed by atoms with E-state index in [0.29, 0.717) is 74.4 Å². The minimum absolute atomic E-state index is 0.0448. The highest BCUT2D eigenvalue weighted by atomic mass is 32.1. The molecule has 72 heavy (non-hydrogen) atoms. The number of cyclic esters (lactones) is 1.